The summed E-state index contributed by atoms with van der Waals surface area (Å²) in [4.78, 5) is 0. The molecular formula is C17H14N2O2. The van der Waals surface area contributed by atoms with Gasteiger partial charge in [-0.2, -0.15) is 0 Å². The summed E-state index contributed by atoms with van der Waals surface area (Å²) in [5.74, 6) is 1.57. The highest BCUT2D eigenvalue weighted by Gasteiger charge is 2.10. The lowest BCUT2D eigenvalue weighted by atomic mass is 10.0. The molecule has 0 fully saturated rings. The largest absolute Gasteiger partial charge is 0.457 e. The first kappa shape index (κ1) is 13.0. The van der Waals surface area contributed by atoms with Gasteiger partial charge in [0, 0.05) is 10.9 Å². The highest BCUT2D eigenvalue weighted by molar-refractivity contribution is 6.10. The minimum atomic E-state index is 0.0810. The van der Waals surface area contributed by atoms with Crippen LogP contribution < -0.4 is 10.5 Å². The number of amidine groups is 1. The van der Waals surface area contributed by atoms with Gasteiger partial charge < -0.3 is 15.7 Å². The van der Waals surface area contributed by atoms with Gasteiger partial charge in [0.05, 0.1) is 0 Å². The molecule has 0 atom stereocenters. The molecule has 21 heavy (non-hydrogen) atoms. The van der Waals surface area contributed by atoms with E-state index in [4.69, 9.17) is 15.7 Å². The van der Waals surface area contributed by atoms with Crippen molar-refractivity contribution < 1.29 is 9.94 Å². The number of benzene rings is 3. The Kier molecular flexibility index (Phi) is 3.43. The molecule has 0 bridgehead atoms. The lowest BCUT2D eigenvalue weighted by Gasteiger charge is -2.11. The van der Waals surface area contributed by atoms with Crippen LogP contribution in [0.15, 0.2) is 71.9 Å². The van der Waals surface area contributed by atoms with Crippen LogP contribution in [0, 0.1) is 0 Å². The minimum Gasteiger partial charge on any atom is -0.457 e. The Hall–Kier alpha value is -3.01. The van der Waals surface area contributed by atoms with Gasteiger partial charge in [0.2, 0.25) is 0 Å². The van der Waals surface area contributed by atoms with Crippen molar-refractivity contribution >= 4 is 16.6 Å². The Labute approximate surface area is 122 Å². The highest BCUT2D eigenvalue weighted by atomic mass is 16.5. The van der Waals surface area contributed by atoms with Crippen molar-refractivity contribution in [1.82, 2.24) is 0 Å². The molecule has 0 saturated heterocycles. The zero-order valence-corrected chi connectivity index (χ0v) is 11.2. The molecule has 0 saturated carbocycles. The van der Waals surface area contributed by atoms with Crippen LogP contribution in [0.1, 0.15) is 5.56 Å². The number of hydrogen-bond donors (Lipinski definition) is 2. The first-order chi connectivity index (χ1) is 10.3. The van der Waals surface area contributed by atoms with Crippen molar-refractivity contribution in [1.29, 1.82) is 0 Å². The van der Waals surface area contributed by atoms with Crippen LogP contribution in [0.25, 0.3) is 10.8 Å². The van der Waals surface area contributed by atoms with Crippen LogP contribution in [-0.2, 0) is 0 Å². The van der Waals surface area contributed by atoms with Gasteiger partial charge in [-0.3, -0.25) is 0 Å². The first-order valence-electron chi connectivity index (χ1n) is 6.52. The Balaban J connectivity index is 2.13. The fourth-order valence-corrected chi connectivity index (χ4v) is 2.25. The maximum absolute atomic E-state index is 8.88. The average Bonchev–Trinajstić information content (AvgIpc) is 2.55. The number of para-hydroxylation sites is 1. The molecule has 0 aromatic heterocycles. The molecule has 3 aromatic rings. The number of nitrogens with two attached hydrogens (primary N) is 1. The Morgan fingerprint density at radius 3 is 2.24 bits per heavy atom. The molecule has 0 aliphatic carbocycles. The first-order valence-corrected chi connectivity index (χ1v) is 6.52. The van der Waals surface area contributed by atoms with Crippen molar-refractivity contribution in [3.8, 4) is 11.5 Å². The number of ether oxygens (including phenoxy) is 1. The molecule has 104 valence electrons. The molecular weight excluding hydrogens is 264 g/mol. The van der Waals surface area contributed by atoms with Crippen molar-refractivity contribution in [2.24, 2.45) is 10.9 Å². The van der Waals surface area contributed by atoms with E-state index in [0.717, 1.165) is 22.3 Å². The normalized spacial score (nSPS) is 11.5. The zero-order valence-electron chi connectivity index (χ0n) is 11.2. The fourth-order valence-electron chi connectivity index (χ4n) is 2.25. The predicted molar refractivity (Wildman–Crippen MR) is 83.0 cm³/mol. The molecule has 0 spiro atoms. The second kappa shape index (κ2) is 5.54. The summed E-state index contributed by atoms with van der Waals surface area (Å²) in [6.45, 7) is 0. The van der Waals surface area contributed by atoms with E-state index in [-0.39, 0.29) is 5.84 Å². The van der Waals surface area contributed by atoms with E-state index in [1.165, 1.54) is 0 Å². The summed E-state index contributed by atoms with van der Waals surface area (Å²) < 4.78 is 5.92. The summed E-state index contributed by atoms with van der Waals surface area (Å²) in [6, 6.07) is 20.9. The number of rotatable bonds is 3. The monoisotopic (exact) mass is 278 g/mol. The molecule has 4 heteroatoms. The van der Waals surface area contributed by atoms with Crippen molar-refractivity contribution in [2.75, 3.05) is 0 Å². The van der Waals surface area contributed by atoms with Crippen LogP contribution >= 0.6 is 0 Å². The van der Waals surface area contributed by atoms with Gasteiger partial charge in [-0.25, -0.2) is 0 Å². The molecule has 0 aliphatic rings. The quantitative estimate of drug-likeness (QED) is 0.332. The number of oxime groups is 1. The number of hydrogen-bond acceptors (Lipinski definition) is 3. The summed E-state index contributed by atoms with van der Waals surface area (Å²) in [6.07, 6.45) is 0. The standard InChI is InChI=1S/C17H14N2O2/c18-17(19-20)15-10-11-16(14-9-5-4-8-13(14)15)21-12-6-2-1-3-7-12/h1-11,20H,(H2,18,19). The Morgan fingerprint density at radius 1 is 0.857 bits per heavy atom. The van der Waals surface area contributed by atoms with Crippen molar-refractivity contribution in [2.45, 2.75) is 0 Å². The van der Waals surface area contributed by atoms with E-state index in [9.17, 15) is 0 Å². The van der Waals surface area contributed by atoms with Gasteiger partial charge in [0.25, 0.3) is 0 Å². The molecule has 4 nitrogen and oxygen atoms in total. The molecule has 0 unspecified atom stereocenters. The summed E-state index contributed by atoms with van der Waals surface area (Å²) in [5.41, 5.74) is 6.40. The van der Waals surface area contributed by atoms with E-state index in [0.29, 0.717) is 5.56 Å². The Bertz CT molecular complexity index is 798. The van der Waals surface area contributed by atoms with Gasteiger partial charge in [-0.15, -0.1) is 0 Å². The SMILES string of the molecule is N/C(=N/O)c1ccc(Oc2ccccc2)c2ccccc12. The molecule has 3 aromatic carbocycles. The molecule has 0 heterocycles. The van der Waals surface area contributed by atoms with Crippen LogP contribution in [0.5, 0.6) is 11.5 Å². The van der Waals surface area contributed by atoms with Crippen LogP contribution in [0.4, 0.5) is 0 Å². The summed E-state index contributed by atoms with van der Waals surface area (Å²) in [5, 5.41) is 13.7. The third-order valence-electron chi connectivity index (χ3n) is 3.24. The average molecular weight is 278 g/mol. The van der Waals surface area contributed by atoms with Gasteiger partial charge in [-0.05, 0) is 29.7 Å². The molecule has 0 amide bonds. The van der Waals surface area contributed by atoms with E-state index < -0.39 is 0 Å². The van der Waals surface area contributed by atoms with E-state index in [1.807, 2.05) is 60.7 Å². The van der Waals surface area contributed by atoms with Gasteiger partial charge >= 0.3 is 0 Å². The summed E-state index contributed by atoms with van der Waals surface area (Å²) in [7, 11) is 0. The number of fused-ring (bicyclic) bond motifs is 1. The predicted octanol–water partition coefficient (Wildman–Crippen LogP) is 3.73. The van der Waals surface area contributed by atoms with Crippen LogP contribution in [0.2, 0.25) is 0 Å². The molecule has 0 radical (unpaired) electrons. The van der Waals surface area contributed by atoms with Crippen LogP contribution in [0.3, 0.4) is 0 Å². The Morgan fingerprint density at radius 2 is 1.52 bits per heavy atom. The highest BCUT2D eigenvalue weighted by Crippen LogP contribution is 2.31. The fraction of sp³-hybridized carbons (Fsp3) is 0. The second-order valence-electron chi connectivity index (χ2n) is 4.56. The molecule has 0 aliphatic heterocycles. The maximum Gasteiger partial charge on any atom is 0.170 e. The van der Waals surface area contributed by atoms with Crippen LogP contribution in [-0.4, -0.2) is 11.0 Å². The number of nitrogens with zero attached hydrogens (tertiary/aromatic N) is 1. The topological polar surface area (TPSA) is 67.8 Å². The molecule has 3 N–H and O–H groups in total. The van der Waals surface area contributed by atoms with Gasteiger partial charge in [-0.1, -0.05) is 47.6 Å². The smallest absolute Gasteiger partial charge is 0.170 e. The summed E-state index contributed by atoms with van der Waals surface area (Å²) >= 11 is 0. The van der Waals surface area contributed by atoms with Gasteiger partial charge in [0.15, 0.2) is 5.84 Å². The van der Waals surface area contributed by atoms with Crippen molar-refractivity contribution in [3.05, 3.63) is 72.3 Å². The van der Waals surface area contributed by atoms with E-state index in [1.54, 1.807) is 6.07 Å². The van der Waals surface area contributed by atoms with Crippen molar-refractivity contribution in [3.63, 3.8) is 0 Å². The lowest BCUT2D eigenvalue weighted by Crippen LogP contribution is -2.13. The van der Waals surface area contributed by atoms with Gasteiger partial charge in [0.1, 0.15) is 11.5 Å². The molecule has 3 rings (SSSR count). The minimum absolute atomic E-state index is 0.0810. The van der Waals surface area contributed by atoms with E-state index >= 15 is 0 Å². The maximum atomic E-state index is 8.88. The zero-order chi connectivity index (χ0) is 14.7. The van der Waals surface area contributed by atoms with E-state index in [2.05, 4.69) is 5.16 Å². The third kappa shape index (κ3) is 2.51. The lowest BCUT2D eigenvalue weighted by molar-refractivity contribution is 0.318. The third-order valence-corrected chi connectivity index (χ3v) is 3.24. The second-order valence-corrected chi connectivity index (χ2v) is 4.56.